The van der Waals surface area contributed by atoms with Gasteiger partial charge in [0.15, 0.2) is 0 Å². The summed E-state index contributed by atoms with van der Waals surface area (Å²) in [5, 5.41) is 3.46. The van der Waals surface area contributed by atoms with Gasteiger partial charge in [-0.15, -0.1) is 0 Å². The van der Waals surface area contributed by atoms with Gasteiger partial charge in [0.25, 0.3) is 5.91 Å². The lowest BCUT2D eigenvalue weighted by Gasteiger charge is -2.39. The Bertz CT molecular complexity index is 975. The number of anilines is 4. The predicted molar refractivity (Wildman–Crippen MR) is 126 cm³/mol. The van der Waals surface area contributed by atoms with Crippen LogP contribution in [0.5, 0.6) is 0 Å². The molecule has 0 aliphatic carbocycles. The molecule has 1 aromatic heterocycles. The number of benzene rings is 1. The monoisotopic (exact) mass is 436 g/mol. The number of fused-ring (bicyclic) bond motifs is 2. The molecule has 4 heterocycles. The fourth-order valence-electron chi connectivity index (χ4n) is 5.12. The lowest BCUT2D eigenvalue weighted by atomic mass is 9.99. The van der Waals surface area contributed by atoms with Gasteiger partial charge in [0.2, 0.25) is 0 Å². The van der Waals surface area contributed by atoms with Crippen molar-refractivity contribution in [1.82, 2.24) is 4.98 Å². The molecule has 0 saturated carbocycles. The van der Waals surface area contributed by atoms with E-state index >= 15 is 0 Å². The second-order valence-electron chi connectivity index (χ2n) is 9.04. The van der Waals surface area contributed by atoms with E-state index in [4.69, 9.17) is 9.47 Å². The zero-order valence-electron chi connectivity index (χ0n) is 18.9. The Kier molecular flexibility index (Phi) is 6.02. The smallest absolute Gasteiger partial charge is 0.256 e. The molecule has 0 bridgehead atoms. The van der Waals surface area contributed by atoms with Crippen LogP contribution < -0.4 is 15.1 Å². The number of nitrogens with zero attached hydrogens (tertiary/aromatic N) is 3. The molecule has 32 heavy (non-hydrogen) atoms. The summed E-state index contributed by atoms with van der Waals surface area (Å²) in [5.74, 6) is 0.836. The first-order chi connectivity index (χ1) is 15.6. The van der Waals surface area contributed by atoms with Crippen LogP contribution in [0.1, 0.15) is 44.6 Å². The molecule has 7 nitrogen and oxygen atoms in total. The number of hydrogen-bond acceptors (Lipinski definition) is 6. The molecule has 3 atom stereocenters. The molecule has 1 aromatic carbocycles. The van der Waals surface area contributed by atoms with Crippen molar-refractivity contribution in [3.63, 3.8) is 0 Å². The number of pyridine rings is 1. The number of methoxy groups -OCH3 is 1. The van der Waals surface area contributed by atoms with Crippen LogP contribution in [0.25, 0.3) is 0 Å². The van der Waals surface area contributed by atoms with Crippen LogP contribution >= 0.6 is 0 Å². The number of nitrogens with one attached hydrogen (secondary N) is 1. The fraction of sp³-hybridized carbons (Fsp3) is 0.520. The van der Waals surface area contributed by atoms with Gasteiger partial charge in [-0.05, 0) is 63.3 Å². The SMILES string of the molecule is COC1CCN(c2ccc3c(c2)N(C(=O)C2CCCCO2)Cc2cccnc2N3)C(C)C1. The molecule has 2 aromatic rings. The highest BCUT2D eigenvalue weighted by Gasteiger charge is 2.33. The average molecular weight is 437 g/mol. The van der Waals surface area contributed by atoms with Gasteiger partial charge in [0, 0.05) is 43.8 Å². The minimum absolute atomic E-state index is 0.0349. The number of piperidine rings is 1. The van der Waals surface area contributed by atoms with Crippen molar-refractivity contribution < 1.29 is 14.3 Å². The molecule has 1 N–H and O–H groups in total. The normalized spacial score (nSPS) is 25.4. The van der Waals surface area contributed by atoms with Crippen molar-refractivity contribution in [3.05, 3.63) is 42.1 Å². The summed E-state index contributed by atoms with van der Waals surface area (Å²) in [4.78, 5) is 22.5. The number of rotatable bonds is 3. The Balaban J connectivity index is 1.51. The van der Waals surface area contributed by atoms with Crippen molar-refractivity contribution in [2.75, 3.05) is 35.4 Å². The van der Waals surface area contributed by atoms with E-state index in [9.17, 15) is 4.79 Å². The maximum Gasteiger partial charge on any atom is 0.256 e. The summed E-state index contributed by atoms with van der Waals surface area (Å²) in [5.41, 5.74) is 3.92. The van der Waals surface area contributed by atoms with Crippen molar-refractivity contribution in [2.24, 2.45) is 0 Å². The molecular formula is C25H32N4O3. The predicted octanol–water partition coefficient (Wildman–Crippen LogP) is 4.24. The van der Waals surface area contributed by atoms with Gasteiger partial charge in [0.05, 0.1) is 24.0 Å². The Labute approximate surface area is 189 Å². The quantitative estimate of drug-likeness (QED) is 0.776. The Morgan fingerprint density at radius 2 is 2.16 bits per heavy atom. The lowest BCUT2D eigenvalue weighted by Crippen LogP contribution is -2.44. The van der Waals surface area contributed by atoms with Gasteiger partial charge in [-0.1, -0.05) is 6.07 Å². The highest BCUT2D eigenvalue weighted by atomic mass is 16.5. The van der Waals surface area contributed by atoms with Crippen LogP contribution in [0.15, 0.2) is 36.5 Å². The van der Waals surface area contributed by atoms with Crippen LogP contribution in [0.3, 0.4) is 0 Å². The Hall–Kier alpha value is -2.64. The van der Waals surface area contributed by atoms with E-state index in [0.717, 1.165) is 67.1 Å². The van der Waals surface area contributed by atoms with E-state index in [0.29, 0.717) is 25.3 Å². The number of ether oxygens (including phenoxy) is 2. The van der Waals surface area contributed by atoms with Crippen molar-refractivity contribution in [2.45, 2.75) is 63.8 Å². The van der Waals surface area contributed by atoms with E-state index in [2.05, 4.69) is 40.3 Å². The van der Waals surface area contributed by atoms with Gasteiger partial charge in [-0.2, -0.15) is 0 Å². The van der Waals surface area contributed by atoms with E-state index in [1.165, 1.54) is 0 Å². The Morgan fingerprint density at radius 3 is 2.94 bits per heavy atom. The van der Waals surface area contributed by atoms with Crippen LogP contribution in [-0.2, 0) is 20.8 Å². The standard InChI is InChI=1S/C25H32N4O3/c1-17-14-20(31-2)10-12-28(17)19-8-9-21-22(15-19)29(25(30)23-7-3-4-13-32-23)16-18-6-5-11-26-24(18)27-21/h5-6,8-9,11,15,17,20,23H,3-4,7,10,12-14,16H2,1-2H3,(H,26,27). The third-order valence-electron chi connectivity index (χ3n) is 6.96. The first-order valence-electron chi connectivity index (χ1n) is 11.7. The lowest BCUT2D eigenvalue weighted by molar-refractivity contribution is -0.132. The largest absolute Gasteiger partial charge is 0.381 e. The summed E-state index contributed by atoms with van der Waals surface area (Å²) in [6.45, 7) is 4.31. The van der Waals surface area contributed by atoms with Gasteiger partial charge in [0.1, 0.15) is 11.9 Å². The average Bonchev–Trinajstić information content (AvgIpc) is 3.00. The molecule has 170 valence electrons. The van der Waals surface area contributed by atoms with E-state index in [-0.39, 0.29) is 12.0 Å². The summed E-state index contributed by atoms with van der Waals surface area (Å²) in [7, 11) is 1.80. The molecule has 2 saturated heterocycles. The molecule has 0 radical (unpaired) electrons. The summed E-state index contributed by atoms with van der Waals surface area (Å²) in [6, 6.07) is 10.7. The van der Waals surface area contributed by atoms with Crippen LogP contribution in [0, 0.1) is 0 Å². The second kappa shape index (κ2) is 9.08. The van der Waals surface area contributed by atoms with Crippen LogP contribution in [-0.4, -0.2) is 49.4 Å². The van der Waals surface area contributed by atoms with E-state index in [1.54, 1.807) is 13.3 Å². The molecular weight excluding hydrogens is 404 g/mol. The first kappa shape index (κ1) is 21.2. The summed E-state index contributed by atoms with van der Waals surface area (Å²) < 4.78 is 11.5. The second-order valence-corrected chi connectivity index (χ2v) is 9.04. The molecule has 5 rings (SSSR count). The number of carbonyl (C=O) groups is 1. The van der Waals surface area contributed by atoms with Gasteiger partial charge >= 0.3 is 0 Å². The van der Waals surface area contributed by atoms with Crippen molar-refractivity contribution in [1.29, 1.82) is 0 Å². The Morgan fingerprint density at radius 1 is 1.25 bits per heavy atom. The third-order valence-corrected chi connectivity index (χ3v) is 6.96. The van der Waals surface area contributed by atoms with E-state index in [1.807, 2.05) is 17.0 Å². The zero-order chi connectivity index (χ0) is 22.1. The van der Waals surface area contributed by atoms with Crippen LogP contribution in [0.4, 0.5) is 22.9 Å². The van der Waals surface area contributed by atoms with E-state index < -0.39 is 0 Å². The fourth-order valence-corrected chi connectivity index (χ4v) is 5.12. The zero-order valence-corrected chi connectivity index (χ0v) is 18.9. The maximum absolute atomic E-state index is 13.6. The molecule has 3 aliphatic heterocycles. The number of aromatic nitrogens is 1. The molecule has 7 heteroatoms. The van der Waals surface area contributed by atoms with Crippen molar-refractivity contribution >= 4 is 28.8 Å². The topological polar surface area (TPSA) is 66.9 Å². The first-order valence-corrected chi connectivity index (χ1v) is 11.7. The van der Waals surface area contributed by atoms with Gasteiger partial charge < -0.3 is 24.6 Å². The van der Waals surface area contributed by atoms with Crippen molar-refractivity contribution in [3.8, 4) is 0 Å². The number of carbonyl (C=O) groups excluding carboxylic acids is 1. The van der Waals surface area contributed by atoms with Gasteiger partial charge in [-0.3, -0.25) is 4.79 Å². The molecule has 1 amide bonds. The molecule has 3 unspecified atom stereocenters. The summed E-state index contributed by atoms with van der Waals surface area (Å²) >= 11 is 0. The molecule has 0 spiro atoms. The highest BCUT2D eigenvalue weighted by Crippen LogP contribution is 2.39. The minimum Gasteiger partial charge on any atom is -0.381 e. The number of hydrogen-bond donors (Lipinski definition) is 1. The van der Waals surface area contributed by atoms with Gasteiger partial charge in [-0.25, -0.2) is 4.98 Å². The third kappa shape index (κ3) is 4.07. The highest BCUT2D eigenvalue weighted by molar-refractivity contribution is 6.01. The summed E-state index contributed by atoms with van der Waals surface area (Å²) in [6.07, 6.45) is 6.54. The van der Waals surface area contributed by atoms with Crippen LogP contribution in [0.2, 0.25) is 0 Å². The maximum atomic E-state index is 13.6. The number of amides is 1. The minimum atomic E-state index is -0.380. The molecule has 2 fully saturated rings. The molecule has 3 aliphatic rings.